The lowest BCUT2D eigenvalue weighted by Crippen LogP contribution is -2.24. The average molecular weight is 188 g/mol. The van der Waals surface area contributed by atoms with Gasteiger partial charge >= 0.3 is 0 Å². The molecule has 3 rings (SSSR count). The molecule has 14 heavy (non-hydrogen) atoms. The molecular weight excluding hydrogens is 176 g/mol. The highest BCUT2D eigenvalue weighted by Crippen LogP contribution is 2.29. The molecular formula is C11H12N2O. The molecule has 0 bridgehead atoms. The van der Waals surface area contributed by atoms with Gasteiger partial charge in [-0.1, -0.05) is 12.1 Å². The Morgan fingerprint density at radius 3 is 3.07 bits per heavy atom. The highest BCUT2D eigenvalue weighted by molar-refractivity contribution is 5.83. The van der Waals surface area contributed by atoms with Crippen molar-refractivity contribution < 1.29 is 4.74 Å². The summed E-state index contributed by atoms with van der Waals surface area (Å²) in [5.41, 5.74) is 1.01. The minimum absolute atomic E-state index is 0.420. The van der Waals surface area contributed by atoms with Crippen molar-refractivity contribution in [1.29, 1.82) is 0 Å². The van der Waals surface area contributed by atoms with Crippen LogP contribution in [0.3, 0.4) is 0 Å². The Balaban J connectivity index is 1.97. The molecule has 0 saturated heterocycles. The second-order valence-electron chi connectivity index (χ2n) is 3.76. The molecule has 0 atom stereocenters. The number of nitrogens with one attached hydrogen (secondary N) is 1. The zero-order valence-electron chi connectivity index (χ0n) is 7.86. The topological polar surface area (TPSA) is 37.9 Å². The number of fused-ring (bicyclic) bond motifs is 1. The molecule has 1 saturated carbocycles. The normalized spacial score (nSPS) is 16.9. The van der Waals surface area contributed by atoms with Crippen LogP contribution >= 0.6 is 0 Å². The molecule has 72 valence electrons. The van der Waals surface area contributed by atoms with Crippen molar-refractivity contribution in [2.75, 3.05) is 0 Å². The fourth-order valence-corrected chi connectivity index (χ4v) is 1.71. The summed E-state index contributed by atoms with van der Waals surface area (Å²) in [4.78, 5) is 0. The number of hydrogen-bond donors (Lipinski definition) is 1. The van der Waals surface area contributed by atoms with Crippen LogP contribution < -0.4 is 4.74 Å². The van der Waals surface area contributed by atoms with Gasteiger partial charge in [-0.05, 0) is 25.3 Å². The van der Waals surface area contributed by atoms with E-state index in [1.807, 2.05) is 24.4 Å². The van der Waals surface area contributed by atoms with Gasteiger partial charge < -0.3 is 4.74 Å². The van der Waals surface area contributed by atoms with E-state index in [1.54, 1.807) is 0 Å². The van der Waals surface area contributed by atoms with Gasteiger partial charge in [-0.3, -0.25) is 5.10 Å². The van der Waals surface area contributed by atoms with E-state index in [1.165, 1.54) is 19.3 Å². The molecule has 1 fully saturated rings. The van der Waals surface area contributed by atoms with E-state index >= 15 is 0 Å². The first-order chi connectivity index (χ1) is 6.93. The van der Waals surface area contributed by atoms with E-state index in [0.717, 1.165) is 16.7 Å². The van der Waals surface area contributed by atoms with Gasteiger partial charge in [-0.15, -0.1) is 0 Å². The summed E-state index contributed by atoms with van der Waals surface area (Å²) in [7, 11) is 0. The molecule has 1 aliphatic rings. The van der Waals surface area contributed by atoms with E-state index in [2.05, 4.69) is 10.2 Å². The molecule has 0 aliphatic heterocycles. The average Bonchev–Trinajstić information content (AvgIpc) is 2.59. The second kappa shape index (κ2) is 3.01. The van der Waals surface area contributed by atoms with Gasteiger partial charge in [0.2, 0.25) is 0 Å². The lowest BCUT2D eigenvalue weighted by Gasteiger charge is -2.26. The maximum Gasteiger partial charge on any atom is 0.145 e. The Morgan fingerprint density at radius 2 is 2.29 bits per heavy atom. The molecule has 1 heterocycles. The van der Waals surface area contributed by atoms with Gasteiger partial charge in [0.1, 0.15) is 11.3 Å². The Morgan fingerprint density at radius 1 is 1.36 bits per heavy atom. The van der Waals surface area contributed by atoms with Gasteiger partial charge in [0, 0.05) is 5.39 Å². The van der Waals surface area contributed by atoms with Gasteiger partial charge in [0.15, 0.2) is 0 Å². The zero-order valence-corrected chi connectivity index (χ0v) is 7.86. The van der Waals surface area contributed by atoms with Crippen LogP contribution in [0, 0.1) is 0 Å². The largest absolute Gasteiger partial charge is 0.488 e. The molecule has 0 spiro atoms. The Bertz CT molecular complexity index is 445. The molecule has 1 aliphatic carbocycles. The number of rotatable bonds is 2. The molecule has 1 N–H and O–H groups in total. The third kappa shape index (κ3) is 1.16. The number of aromatic nitrogens is 2. The lowest BCUT2D eigenvalue weighted by atomic mass is 9.96. The number of H-pyrrole nitrogens is 1. The predicted octanol–water partition coefficient (Wildman–Crippen LogP) is 2.49. The summed E-state index contributed by atoms with van der Waals surface area (Å²) >= 11 is 0. The van der Waals surface area contributed by atoms with Crippen LogP contribution in [-0.2, 0) is 0 Å². The maximum absolute atomic E-state index is 5.85. The smallest absolute Gasteiger partial charge is 0.145 e. The number of nitrogens with zero attached hydrogens (tertiary/aromatic N) is 1. The minimum Gasteiger partial charge on any atom is -0.488 e. The van der Waals surface area contributed by atoms with Crippen molar-refractivity contribution in [3.8, 4) is 5.75 Å². The van der Waals surface area contributed by atoms with Gasteiger partial charge in [0.05, 0.1) is 12.3 Å². The van der Waals surface area contributed by atoms with E-state index in [4.69, 9.17) is 4.74 Å². The highest BCUT2D eigenvalue weighted by Gasteiger charge is 2.20. The predicted molar refractivity (Wildman–Crippen MR) is 54.4 cm³/mol. The monoisotopic (exact) mass is 188 g/mol. The summed E-state index contributed by atoms with van der Waals surface area (Å²) in [6.07, 6.45) is 5.91. The van der Waals surface area contributed by atoms with Gasteiger partial charge in [-0.2, -0.15) is 5.10 Å². The van der Waals surface area contributed by atoms with E-state index in [9.17, 15) is 0 Å². The zero-order chi connectivity index (χ0) is 9.38. The summed E-state index contributed by atoms with van der Waals surface area (Å²) in [5, 5.41) is 8.09. The number of benzene rings is 1. The number of ether oxygens (including phenoxy) is 1. The van der Waals surface area contributed by atoms with Gasteiger partial charge in [0.25, 0.3) is 0 Å². The molecule has 3 nitrogen and oxygen atoms in total. The van der Waals surface area contributed by atoms with Crippen molar-refractivity contribution >= 4 is 10.9 Å². The molecule has 0 radical (unpaired) electrons. The first kappa shape index (κ1) is 7.85. The van der Waals surface area contributed by atoms with Crippen molar-refractivity contribution in [3.63, 3.8) is 0 Å². The number of hydrogen-bond acceptors (Lipinski definition) is 2. The summed E-state index contributed by atoms with van der Waals surface area (Å²) in [5.74, 6) is 0.935. The van der Waals surface area contributed by atoms with Gasteiger partial charge in [-0.25, -0.2) is 0 Å². The molecule has 2 aromatic rings. The summed E-state index contributed by atoms with van der Waals surface area (Å²) < 4.78 is 5.85. The standard InChI is InChI=1S/C11H12N2O/c1-3-8-7-12-13-11(8)10(6-1)14-9-4-2-5-9/h1,3,6-7,9H,2,4-5H2,(H,12,13). The molecule has 1 aromatic carbocycles. The fraction of sp³-hybridized carbons (Fsp3) is 0.364. The van der Waals surface area contributed by atoms with Crippen LogP contribution in [0.5, 0.6) is 5.75 Å². The number of para-hydroxylation sites is 1. The van der Waals surface area contributed by atoms with Crippen LogP contribution in [-0.4, -0.2) is 16.3 Å². The highest BCUT2D eigenvalue weighted by atomic mass is 16.5. The minimum atomic E-state index is 0.420. The SMILES string of the molecule is c1cc(OC2CCC2)c2[nH]ncc2c1. The van der Waals surface area contributed by atoms with Crippen LogP contribution in [0.1, 0.15) is 19.3 Å². The quantitative estimate of drug-likeness (QED) is 0.786. The Kier molecular flexibility index (Phi) is 1.69. The molecule has 0 amide bonds. The lowest BCUT2D eigenvalue weighted by molar-refractivity contribution is 0.122. The van der Waals surface area contributed by atoms with Crippen molar-refractivity contribution in [3.05, 3.63) is 24.4 Å². The van der Waals surface area contributed by atoms with Crippen molar-refractivity contribution in [1.82, 2.24) is 10.2 Å². The molecule has 0 unspecified atom stereocenters. The Labute approximate surface area is 82.1 Å². The van der Waals surface area contributed by atoms with E-state index in [0.29, 0.717) is 6.10 Å². The van der Waals surface area contributed by atoms with Crippen molar-refractivity contribution in [2.45, 2.75) is 25.4 Å². The Hall–Kier alpha value is -1.51. The van der Waals surface area contributed by atoms with Crippen LogP contribution in [0.15, 0.2) is 24.4 Å². The molecule has 3 heteroatoms. The second-order valence-corrected chi connectivity index (χ2v) is 3.76. The first-order valence-corrected chi connectivity index (χ1v) is 5.02. The summed E-state index contributed by atoms with van der Waals surface area (Å²) in [6.45, 7) is 0. The first-order valence-electron chi connectivity index (χ1n) is 5.02. The summed E-state index contributed by atoms with van der Waals surface area (Å²) in [6, 6.07) is 6.04. The van der Waals surface area contributed by atoms with Crippen LogP contribution in [0.4, 0.5) is 0 Å². The third-order valence-electron chi connectivity index (χ3n) is 2.78. The van der Waals surface area contributed by atoms with Crippen molar-refractivity contribution in [2.24, 2.45) is 0 Å². The third-order valence-corrected chi connectivity index (χ3v) is 2.78. The van der Waals surface area contributed by atoms with Crippen LogP contribution in [0.2, 0.25) is 0 Å². The molecule has 1 aromatic heterocycles. The maximum atomic E-state index is 5.85. The van der Waals surface area contributed by atoms with E-state index < -0.39 is 0 Å². The number of aromatic amines is 1. The fourth-order valence-electron chi connectivity index (χ4n) is 1.71. The van der Waals surface area contributed by atoms with E-state index in [-0.39, 0.29) is 0 Å². The van der Waals surface area contributed by atoms with Crippen LogP contribution in [0.25, 0.3) is 10.9 Å².